The summed E-state index contributed by atoms with van der Waals surface area (Å²) in [5.74, 6) is 1.29. The SMILES string of the molecule is COC(=O)c1ccc(CSc2nnc(N3CCOCC3)n2Cc2ccccc2)cc1. The van der Waals surface area contributed by atoms with Gasteiger partial charge in [-0.3, -0.25) is 4.57 Å². The van der Waals surface area contributed by atoms with Crippen molar-refractivity contribution in [2.75, 3.05) is 38.3 Å². The van der Waals surface area contributed by atoms with E-state index in [0.29, 0.717) is 25.3 Å². The van der Waals surface area contributed by atoms with E-state index in [1.807, 2.05) is 30.3 Å². The van der Waals surface area contributed by atoms with Crippen LogP contribution in [0.1, 0.15) is 21.5 Å². The second kappa shape index (κ2) is 9.77. The molecule has 0 N–H and O–H groups in total. The molecule has 1 aromatic heterocycles. The highest BCUT2D eigenvalue weighted by atomic mass is 32.2. The Kier molecular flexibility index (Phi) is 6.66. The first kappa shape index (κ1) is 20.4. The molecule has 2 heterocycles. The van der Waals surface area contributed by atoms with E-state index in [2.05, 4.69) is 31.8 Å². The van der Waals surface area contributed by atoms with E-state index in [9.17, 15) is 4.79 Å². The molecular formula is C22H24N4O3S. The summed E-state index contributed by atoms with van der Waals surface area (Å²) in [5, 5.41) is 9.85. The standard InChI is InChI=1S/C22H24N4O3S/c1-28-20(27)19-9-7-18(8-10-19)16-30-22-24-23-21(25-11-13-29-14-12-25)26(22)15-17-5-3-2-4-6-17/h2-10H,11-16H2,1H3. The number of aromatic nitrogens is 3. The van der Waals surface area contributed by atoms with Crippen molar-refractivity contribution in [1.29, 1.82) is 0 Å². The molecule has 0 radical (unpaired) electrons. The van der Waals surface area contributed by atoms with Crippen molar-refractivity contribution >= 4 is 23.7 Å². The van der Waals surface area contributed by atoms with Crippen LogP contribution < -0.4 is 4.90 Å². The number of carbonyl (C=O) groups excluding carboxylic acids is 1. The number of esters is 1. The maximum absolute atomic E-state index is 11.6. The minimum atomic E-state index is -0.327. The van der Waals surface area contributed by atoms with Crippen LogP contribution in [0.3, 0.4) is 0 Å². The van der Waals surface area contributed by atoms with Crippen molar-refractivity contribution < 1.29 is 14.3 Å². The van der Waals surface area contributed by atoms with E-state index in [0.717, 1.165) is 35.5 Å². The Hall–Kier alpha value is -2.84. The number of rotatable bonds is 7. The quantitative estimate of drug-likeness (QED) is 0.426. The van der Waals surface area contributed by atoms with Crippen LogP contribution >= 0.6 is 11.8 Å². The van der Waals surface area contributed by atoms with Gasteiger partial charge in [-0.2, -0.15) is 0 Å². The molecular weight excluding hydrogens is 400 g/mol. The van der Waals surface area contributed by atoms with E-state index in [4.69, 9.17) is 9.47 Å². The highest BCUT2D eigenvalue weighted by Gasteiger charge is 2.21. The fourth-order valence-electron chi connectivity index (χ4n) is 3.29. The van der Waals surface area contributed by atoms with Gasteiger partial charge in [-0.05, 0) is 23.3 Å². The van der Waals surface area contributed by atoms with Crippen LogP contribution in [0.25, 0.3) is 0 Å². The summed E-state index contributed by atoms with van der Waals surface area (Å²) in [7, 11) is 1.39. The first-order chi connectivity index (χ1) is 14.7. The average molecular weight is 425 g/mol. The molecule has 1 aliphatic heterocycles. The summed E-state index contributed by atoms with van der Waals surface area (Å²) in [6.45, 7) is 3.74. The lowest BCUT2D eigenvalue weighted by Gasteiger charge is -2.28. The predicted molar refractivity (Wildman–Crippen MR) is 116 cm³/mol. The minimum Gasteiger partial charge on any atom is -0.465 e. The van der Waals surface area contributed by atoms with Gasteiger partial charge in [0.1, 0.15) is 0 Å². The summed E-state index contributed by atoms with van der Waals surface area (Å²) >= 11 is 1.64. The average Bonchev–Trinajstić information content (AvgIpc) is 3.21. The summed E-state index contributed by atoms with van der Waals surface area (Å²) in [6, 6.07) is 17.8. The predicted octanol–water partition coefficient (Wildman–Crippen LogP) is 3.24. The molecule has 1 saturated heterocycles. The minimum absolute atomic E-state index is 0.327. The number of hydrogen-bond acceptors (Lipinski definition) is 7. The lowest BCUT2D eigenvalue weighted by Crippen LogP contribution is -2.38. The number of nitrogens with zero attached hydrogens (tertiary/aromatic N) is 4. The molecule has 0 aliphatic carbocycles. The van der Waals surface area contributed by atoms with Crippen molar-refractivity contribution in [1.82, 2.24) is 14.8 Å². The van der Waals surface area contributed by atoms with Gasteiger partial charge in [0.15, 0.2) is 5.16 Å². The molecule has 0 atom stereocenters. The van der Waals surface area contributed by atoms with Gasteiger partial charge in [-0.15, -0.1) is 10.2 Å². The fraction of sp³-hybridized carbons (Fsp3) is 0.318. The van der Waals surface area contributed by atoms with Gasteiger partial charge in [0, 0.05) is 18.8 Å². The zero-order valence-corrected chi connectivity index (χ0v) is 17.7. The van der Waals surface area contributed by atoms with Gasteiger partial charge in [-0.1, -0.05) is 54.2 Å². The molecule has 3 aromatic rings. The van der Waals surface area contributed by atoms with Crippen molar-refractivity contribution in [3.05, 3.63) is 71.3 Å². The van der Waals surface area contributed by atoms with E-state index in [-0.39, 0.29) is 5.97 Å². The van der Waals surface area contributed by atoms with Crippen molar-refractivity contribution in [3.8, 4) is 0 Å². The molecule has 1 aliphatic rings. The number of anilines is 1. The number of carbonyl (C=O) groups is 1. The molecule has 0 saturated carbocycles. The molecule has 2 aromatic carbocycles. The molecule has 30 heavy (non-hydrogen) atoms. The van der Waals surface area contributed by atoms with Crippen molar-refractivity contribution in [2.45, 2.75) is 17.5 Å². The second-order valence-electron chi connectivity index (χ2n) is 6.93. The third-order valence-corrected chi connectivity index (χ3v) is 5.96. The monoisotopic (exact) mass is 424 g/mol. The molecule has 0 bridgehead atoms. The number of hydrogen-bond donors (Lipinski definition) is 0. The Balaban J connectivity index is 1.53. The molecule has 156 valence electrons. The Morgan fingerprint density at radius 1 is 1.03 bits per heavy atom. The van der Waals surface area contributed by atoms with E-state index >= 15 is 0 Å². The summed E-state index contributed by atoms with van der Waals surface area (Å²) in [4.78, 5) is 13.8. The number of morpholine rings is 1. The van der Waals surface area contributed by atoms with Gasteiger partial charge in [0.05, 0.1) is 32.4 Å². The van der Waals surface area contributed by atoms with Crippen LogP contribution in [0, 0.1) is 0 Å². The zero-order chi connectivity index (χ0) is 20.8. The van der Waals surface area contributed by atoms with Gasteiger partial charge in [-0.25, -0.2) is 4.79 Å². The maximum atomic E-state index is 11.6. The third kappa shape index (κ3) is 4.83. The van der Waals surface area contributed by atoms with Crippen molar-refractivity contribution in [2.24, 2.45) is 0 Å². The van der Waals surface area contributed by atoms with E-state index in [1.165, 1.54) is 12.7 Å². The van der Waals surface area contributed by atoms with Crippen LogP contribution in [0.15, 0.2) is 59.8 Å². The van der Waals surface area contributed by atoms with Crippen molar-refractivity contribution in [3.63, 3.8) is 0 Å². The lowest BCUT2D eigenvalue weighted by molar-refractivity contribution is 0.0600. The zero-order valence-electron chi connectivity index (χ0n) is 16.9. The van der Waals surface area contributed by atoms with Crippen LogP contribution in [-0.2, 0) is 21.8 Å². The molecule has 8 heteroatoms. The molecule has 7 nitrogen and oxygen atoms in total. The van der Waals surface area contributed by atoms with E-state index in [1.54, 1.807) is 23.9 Å². The van der Waals surface area contributed by atoms with E-state index < -0.39 is 0 Å². The van der Waals surface area contributed by atoms with Crippen LogP contribution in [-0.4, -0.2) is 54.1 Å². The topological polar surface area (TPSA) is 69.5 Å². The Labute approximate surface area is 180 Å². The number of methoxy groups -OCH3 is 1. The highest BCUT2D eigenvalue weighted by molar-refractivity contribution is 7.98. The third-order valence-electron chi connectivity index (χ3n) is 4.92. The molecule has 0 amide bonds. The van der Waals surface area contributed by atoms with Gasteiger partial charge < -0.3 is 14.4 Å². The second-order valence-corrected chi connectivity index (χ2v) is 7.87. The van der Waals surface area contributed by atoms with Crippen LogP contribution in [0.2, 0.25) is 0 Å². The maximum Gasteiger partial charge on any atom is 0.337 e. The lowest BCUT2D eigenvalue weighted by atomic mass is 10.1. The molecule has 1 fully saturated rings. The normalized spacial score (nSPS) is 14.0. The van der Waals surface area contributed by atoms with Crippen LogP contribution in [0.4, 0.5) is 5.95 Å². The molecule has 0 spiro atoms. The number of ether oxygens (including phenoxy) is 2. The van der Waals surface area contributed by atoms with Gasteiger partial charge >= 0.3 is 5.97 Å². The Bertz CT molecular complexity index is 970. The molecule has 4 rings (SSSR count). The fourth-order valence-corrected chi connectivity index (χ4v) is 4.18. The first-order valence-electron chi connectivity index (χ1n) is 9.84. The van der Waals surface area contributed by atoms with Crippen LogP contribution in [0.5, 0.6) is 0 Å². The first-order valence-corrected chi connectivity index (χ1v) is 10.8. The smallest absolute Gasteiger partial charge is 0.337 e. The summed E-state index contributed by atoms with van der Waals surface area (Å²) in [5.41, 5.74) is 2.86. The van der Waals surface area contributed by atoms with Gasteiger partial charge in [0.2, 0.25) is 5.95 Å². The molecule has 0 unspecified atom stereocenters. The Morgan fingerprint density at radius 3 is 2.47 bits per heavy atom. The van der Waals surface area contributed by atoms with Gasteiger partial charge in [0.25, 0.3) is 0 Å². The highest BCUT2D eigenvalue weighted by Crippen LogP contribution is 2.27. The largest absolute Gasteiger partial charge is 0.465 e. The summed E-state index contributed by atoms with van der Waals surface area (Å²) < 4.78 is 12.4. The number of benzene rings is 2. The summed E-state index contributed by atoms with van der Waals surface area (Å²) in [6.07, 6.45) is 0. The number of thioether (sulfide) groups is 1. The Morgan fingerprint density at radius 2 is 1.77 bits per heavy atom.